The molecule has 2 aromatic rings. The summed E-state index contributed by atoms with van der Waals surface area (Å²) in [6, 6.07) is 19.0. The molecular weight excluding hydrogens is 282 g/mol. The van der Waals surface area contributed by atoms with Crippen LogP contribution in [0.3, 0.4) is 0 Å². The second-order valence-electron chi connectivity index (χ2n) is 5.53. The molecule has 108 valence electrons. The number of rotatable bonds is 2. The first-order chi connectivity index (χ1) is 10.2. The third kappa shape index (κ3) is 3.27. The molecule has 0 bridgehead atoms. The summed E-state index contributed by atoms with van der Waals surface area (Å²) in [6.45, 7) is 1.51. The zero-order valence-corrected chi connectivity index (χ0v) is 12.6. The van der Waals surface area contributed by atoms with Crippen molar-refractivity contribution in [1.82, 2.24) is 4.90 Å². The molecule has 3 rings (SSSR count). The smallest absolute Gasteiger partial charge is 0.316 e. The van der Waals surface area contributed by atoms with E-state index in [1.807, 2.05) is 18.2 Å². The van der Waals surface area contributed by atoms with Crippen LogP contribution in [0.5, 0.6) is 0 Å². The summed E-state index contributed by atoms with van der Waals surface area (Å²) in [5, 5.41) is -0.333. The lowest BCUT2D eigenvalue weighted by Crippen LogP contribution is -2.35. The predicted octanol–water partition coefficient (Wildman–Crippen LogP) is 4.89. The van der Waals surface area contributed by atoms with Gasteiger partial charge >= 0.3 is 5.37 Å². The van der Waals surface area contributed by atoms with Crippen molar-refractivity contribution in [1.29, 1.82) is 0 Å². The van der Waals surface area contributed by atoms with Crippen molar-refractivity contribution in [3.8, 4) is 11.1 Å². The average molecular weight is 300 g/mol. The Kier molecular flexibility index (Phi) is 4.26. The van der Waals surface area contributed by atoms with E-state index in [0.717, 1.165) is 25.9 Å². The number of halogens is 1. The number of carbonyl (C=O) groups excluding carboxylic acids is 1. The Morgan fingerprint density at radius 2 is 1.67 bits per heavy atom. The van der Waals surface area contributed by atoms with Crippen LogP contribution < -0.4 is 0 Å². The molecule has 0 saturated carbocycles. The largest absolute Gasteiger partial charge is 0.329 e. The van der Waals surface area contributed by atoms with Gasteiger partial charge in [-0.05, 0) is 41.1 Å². The number of carbonyl (C=O) groups is 1. The number of hydrogen-bond acceptors (Lipinski definition) is 1. The zero-order valence-electron chi connectivity index (χ0n) is 11.8. The van der Waals surface area contributed by atoms with Gasteiger partial charge in [0.25, 0.3) is 0 Å². The Bertz CT molecular complexity index is 609. The SMILES string of the molecule is O=C(Cl)N1CCCC(c2ccc(-c3ccccc3)cc2)C1. The van der Waals surface area contributed by atoms with E-state index in [9.17, 15) is 4.79 Å². The van der Waals surface area contributed by atoms with Crippen molar-refractivity contribution < 1.29 is 4.79 Å². The van der Waals surface area contributed by atoms with Crippen molar-refractivity contribution >= 4 is 17.0 Å². The van der Waals surface area contributed by atoms with Crippen LogP contribution in [0, 0.1) is 0 Å². The van der Waals surface area contributed by atoms with E-state index in [1.54, 1.807) is 4.90 Å². The first-order valence-corrected chi connectivity index (χ1v) is 7.71. The summed E-state index contributed by atoms with van der Waals surface area (Å²) in [4.78, 5) is 13.0. The third-order valence-electron chi connectivity index (χ3n) is 4.16. The highest BCUT2D eigenvalue weighted by Gasteiger charge is 2.23. The van der Waals surface area contributed by atoms with Gasteiger partial charge in [0.15, 0.2) is 0 Å². The van der Waals surface area contributed by atoms with Gasteiger partial charge < -0.3 is 4.90 Å². The summed E-state index contributed by atoms with van der Waals surface area (Å²) in [7, 11) is 0. The van der Waals surface area contributed by atoms with Gasteiger partial charge in [-0.25, -0.2) is 0 Å². The molecule has 1 heterocycles. The minimum atomic E-state index is -0.333. The minimum absolute atomic E-state index is 0.333. The lowest BCUT2D eigenvalue weighted by Gasteiger charge is -2.31. The van der Waals surface area contributed by atoms with Crippen LogP contribution in [-0.2, 0) is 0 Å². The summed E-state index contributed by atoms with van der Waals surface area (Å²) in [6.07, 6.45) is 2.13. The molecule has 0 N–H and O–H groups in total. The highest BCUT2D eigenvalue weighted by molar-refractivity contribution is 6.62. The molecule has 1 unspecified atom stereocenters. The Morgan fingerprint density at radius 1 is 1.00 bits per heavy atom. The Labute approximate surface area is 130 Å². The van der Waals surface area contributed by atoms with Crippen molar-refractivity contribution in [2.75, 3.05) is 13.1 Å². The minimum Gasteiger partial charge on any atom is -0.329 e. The molecule has 1 aliphatic rings. The fraction of sp³-hybridized carbons (Fsp3) is 0.278. The first-order valence-electron chi connectivity index (χ1n) is 7.34. The van der Waals surface area contributed by atoms with Crippen molar-refractivity contribution in [3.63, 3.8) is 0 Å². The topological polar surface area (TPSA) is 20.3 Å². The van der Waals surface area contributed by atoms with Gasteiger partial charge in [0.2, 0.25) is 0 Å². The van der Waals surface area contributed by atoms with Crippen molar-refractivity contribution in [3.05, 3.63) is 60.2 Å². The number of nitrogens with zero attached hydrogens (tertiary/aromatic N) is 1. The lowest BCUT2D eigenvalue weighted by molar-refractivity contribution is 0.202. The van der Waals surface area contributed by atoms with E-state index >= 15 is 0 Å². The number of piperidine rings is 1. The van der Waals surface area contributed by atoms with Crippen LogP contribution in [0.4, 0.5) is 4.79 Å². The maximum absolute atomic E-state index is 11.3. The fourth-order valence-corrected chi connectivity index (χ4v) is 3.14. The zero-order chi connectivity index (χ0) is 14.7. The van der Waals surface area contributed by atoms with Gasteiger partial charge in [0.1, 0.15) is 0 Å². The molecule has 1 amide bonds. The highest BCUT2D eigenvalue weighted by atomic mass is 35.5. The van der Waals surface area contributed by atoms with Gasteiger partial charge in [-0.15, -0.1) is 0 Å². The highest BCUT2D eigenvalue weighted by Crippen LogP contribution is 2.29. The summed E-state index contributed by atoms with van der Waals surface area (Å²) >= 11 is 5.60. The van der Waals surface area contributed by atoms with E-state index in [4.69, 9.17) is 11.6 Å². The quantitative estimate of drug-likeness (QED) is 0.571. The molecule has 1 aliphatic heterocycles. The molecule has 0 radical (unpaired) electrons. The van der Waals surface area contributed by atoms with Gasteiger partial charge in [0, 0.05) is 19.0 Å². The fourth-order valence-electron chi connectivity index (χ4n) is 2.99. The van der Waals surface area contributed by atoms with E-state index in [1.165, 1.54) is 16.7 Å². The second kappa shape index (κ2) is 6.31. The second-order valence-corrected chi connectivity index (χ2v) is 5.85. The summed E-state index contributed by atoms with van der Waals surface area (Å²) < 4.78 is 0. The molecule has 2 aromatic carbocycles. The number of amides is 1. The number of hydrogen-bond donors (Lipinski definition) is 0. The third-order valence-corrected chi connectivity index (χ3v) is 4.40. The molecule has 3 heteroatoms. The molecule has 0 aliphatic carbocycles. The van der Waals surface area contributed by atoms with Crippen LogP contribution in [-0.4, -0.2) is 23.4 Å². The average Bonchev–Trinajstić information content (AvgIpc) is 2.56. The number of benzene rings is 2. The molecule has 1 atom stereocenters. The molecule has 21 heavy (non-hydrogen) atoms. The predicted molar refractivity (Wildman–Crippen MR) is 86.7 cm³/mol. The molecule has 0 aromatic heterocycles. The molecular formula is C18H18ClNO. The van der Waals surface area contributed by atoms with Crippen LogP contribution in [0.15, 0.2) is 54.6 Å². The number of likely N-dealkylation sites (tertiary alicyclic amines) is 1. The van der Waals surface area contributed by atoms with Crippen LogP contribution >= 0.6 is 11.6 Å². The Balaban J connectivity index is 1.76. The molecule has 0 spiro atoms. The van der Waals surface area contributed by atoms with Crippen LogP contribution in [0.1, 0.15) is 24.3 Å². The van der Waals surface area contributed by atoms with Gasteiger partial charge in [-0.2, -0.15) is 0 Å². The van der Waals surface area contributed by atoms with E-state index in [2.05, 4.69) is 36.4 Å². The summed E-state index contributed by atoms with van der Waals surface area (Å²) in [5.41, 5.74) is 3.74. The van der Waals surface area contributed by atoms with Crippen LogP contribution in [0.2, 0.25) is 0 Å². The lowest BCUT2D eigenvalue weighted by atomic mass is 9.90. The standard InChI is InChI=1S/C18H18ClNO/c19-18(21)20-12-4-7-17(13-20)16-10-8-15(9-11-16)14-5-2-1-3-6-14/h1-3,5-6,8-11,17H,4,7,12-13H2. The van der Waals surface area contributed by atoms with Crippen LogP contribution in [0.25, 0.3) is 11.1 Å². The molecule has 1 fully saturated rings. The van der Waals surface area contributed by atoms with E-state index in [0.29, 0.717) is 5.92 Å². The van der Waals surface area contributed by atoms with Crippen molar-refractivity contribution in [2.24, 2.45) is 0 Å². The van der Waals surface area contributed by atoms with Gasteiger partial charge in [-0.1, -0.05) is 54.6 Å². The van der Waals surface area contributed by atoms with E-state index < -0.39 is 0 Å². The summed E-state index contributed by atoms with van der Waals surface area (Å²) in [5.74, 6) is 0.395. The normalized spacial score (nSPS) is 18.5. The Morgan fingerprint density at radius 3 is 2.33 bits per heavy atom. The van der Waals surface area contributed by atoms with Gasteiger partial charge in [-0.3, -0.25) is 4.79 Å². The Hall–Kier alpha value is -1.80. The van der Waals surface area contributed by atoms with Crippen molar-refractivity contribution in [2.45, 2.75) is 18.8 Å². The maximum Gasteiger partial charge on any atom is 0.316 e. The van der Waals surface area contributed by atoms with E-state index in [-0.39, 0.29) is 5.37 Å². The molecule has 2 nitrogen and oxygen atoms in total. The first kappa shape index (κ1) is 14.2. The molecule has 1 saturated heterocycles. The van der Waals surface area contributed by atoms with Gasteiger partial charge in [0.05, 0.1) is 0 Å². The monoisotopic (exact) mass is 299 g/mol. The maximum atomic E-state index is 11.3.